The summed E-state index contributed by atoms with van der Waals surface area (Å²) in [5.74, 6) is -0.809. The molecule has 0 radical (unpaired) electrons. The summed E-state index contributed by atoms with van der Waals surface area (Å²) < 4.78 is 2.16. The molecule has 0 spiro atoms. The second-order valence-electron chi connectivity index (χ2n) is 5.75. The number of hydrogen-bond acceptors (Lipinski definition) is 3. The van der Waals surface area contributed by atoms with Gasteiger partial charge in [-0.05, 0) is 42.8 Å². The van der Waals surface area contributed by atoms with Crippen molar-refractivity contribution in [2.45, 2.75) is 32.5 Å². The van der Waals surface area contributed by atoms with E-state index in [9.17, 15) is 9.90 Å². The molecule has 1 aromatic heterocycles. The van der Waals surface area contributed by atoms with Crippen LogP contribution in [0.15, 0.2) is 12.1 Å². The molecule has 0 saturated carbocycles. The lowest BCUT2D eigenvalue weighted by Gasteiger charge is -2.11. The molecule has 5 heteroatoms. The number of aryl methyl sites for hydroxylation is 1. The summed E-state index contributed by atoms with van der Waals surface area (Å²) in [5.41, 5.74) is 6.13. The second kappa shape index (κ2) is 5.16. The molecule has 3 rings (SSSR count). The maximum absolute atomic E-state index is 11.3. The van der Waals surface area contributed by atoms with E-state index >= 15 is 0 Å². The van der Waals surface area contributed by atoms with Gasteiger partial charge >= 0.3 is 5.97 Å². The topological polar surface area (TPSA) is 66.3 Å². The fraction of sp³-hybridized carbons (Fsp3) is 0.438. The first-order valence-corrected chi connectivity index (χ1v) is 7.23. The standard InChI is InChI=1S/C16H21N3O2/c1-9-12(6-14(17-2)16(20)21)13-4-10-7-18-8-11(10)5-15(13)19(9)3/h4-5,14,17-18H,6-8H2,1-3H3,(H,20,21). The highest BCUT2D eigenvalue weighted by atomic mass is 16.4. The van der Waals surface area contributed by atoms with Gasteiger partial charge in [-0.15, -0.1) is 0 Å². The zero-order valence-electron chi connectivity index (χ0n) is 12.7. The lowest BCUT2D eigenvalue weighted by Crippen LogP contribution is -2.35. The Morgan fingerprint density at radius 1 is 1.43 bits per heavy atom. The number of rotatable bonds is 4. The molecule has 0 amide bonds. The van der Waals surface area contributed by atoms with E-state index in [1.807, 2.05) is 7.05 Å². The molecule has 5 nitrogen and oxygen atoms in total. The number of aromatic nitrogens is 1. The quantitative estimate of drug-likeness (QED) is 0.793. The van der Waals surface area contributed by atoms with Crippen LogP contribution in [-0.4, -0.2) is 28.7 Å². The summed E-state index contributed by atoms with van der Waals surface area (Å²) in [6.45, 7) is 3.87. The number of benzene rings is 1. The molecule has 21 heavy (non-hydrogen) atoms. The van der Waals surface area contributed by atoms with E-state index in [-0.39, 0.29) is 0 Å². The number of carbonyl (C=O) groups is 1. The fourth-order valence-corrected chi connectivity index (χ4v) is 3.21. The molecule has 112 valence electrons. The maximum Gasteiger partial charge on any atom is 0.321 e. The first-order valence-electron chi connectivity index (χ1n) is 7.23. The summed E-state index contributed by atoms with van der Waals surface area (Å²) in [6.07, 6.45) is 0.501. The van der Waals surface area contributed by atoms with Crippen LogP contribution in [0.4, 0.5) is 0 Å². The molecule has 2 aromatic rings. The van der Waals surface area contributed by atoms with Crippen molar-refractivity contribution in [2.24, 2.45) is 7.05 Å². The van der Waals surface area contributed by atoms with E-state index in [2.05, 4.69) is 34.3 Å². The first kappa shape index (κ1) is 14.1. The van der Waals surface area contributed by atoms with Crippen molar-refractivity contribution in [3.63, 3.8) is 0 Å². The minimum absolute atomic E-state index is 0.501. The van der Waals surface area contributed by atoms with Crippen LogP contribution in [0, 0.1) is 6.92 Å². The highest BCUT2D eigenvalue weighted by Crippen LogP contribution is 2.30. The third-order valence-corrected chi connectivity index (χ3v) is 4.63. The van der Waals surface area contributed by atoms with Gasteiger partial charge in [0.25, 0.3) is 0 Å². The average Bonchev–Trinajstić information content (AvgIpc) is 3.00. The lowest BCUT2D eigenvalue weighted by atomic mass is 10.00. The molecule has 1 aliphatic heterocycles. The Morgan fingerprint density at radius 2 is 2.10 bits per heavy atom. The molecule has 0 saturated heterocycles. The Bertz CT molecular complexity index is 718. The van der Waals surface area contributed by atoms with Gasteiger partial charge < -0.3 is 20.3 Å². The molecule has 1 unspecified atom stereocenters. The number of aliphatic carboxylic acids is 1. The van der Waals surface area contributed by atoms with Crippen molar-refractivity contribution in [1.82, 2.24) is 15.2 Å². The number of nitrogens with zero attached hydrogens (tertiary/aromatic N) is 1. The van der Waals surface area contributed by atoms with Crippen LogP contribution in [0.25, 0.3) is 10.9 Å². The third kappa shape index (κ3) is 2.22. The van der Waals surface area contributed by atoms with Gasteiger partial charge in [-0.3, -0.25) is 4.79 Å². The third-order valence-electron chi connectivity index (χ3n) is 4.63. The van der Waals surface area contributed by atoms with Crippen molar-refractivity contribution < 1.29 is 9.90 Å². The molecule has 0 fully saturated rings. The zero-order valence-corrected chi connectivity index (χ0v) is 12.7. The van der Waals surface area contributed by atoms with Gasteiger partial charge in [0.15, 0.2) is 0 Å². The number of hydrogen-bond donors (Lipinski definition) is 3. The summed E-state index contributed by atoms with van der Waals surface area (Å²) in [4.78, 5) is 11.3. The number of fused-ring (bicyclic) bond motifs is 2. The molecule has 1 aliphatic rings. The van der Waals surface area contributed by atoms with Crippen molar-refractivity contribution in [1.29, 1.82) is 0 Å². The number of nitrogens with one attached hydrogen (secondary N) is 2. The minimum Gasteiger partial charge on any atom is -0.480 e. The summed E-state index contributed by atoms with van der Waals surface area (Å²) in [6, 6.07) is 3.90. The van der Waals surface area contributed by atoms with Crippen molar-refractivity contribution in [3.8, 4) is 0 Å². The van der Waals surface area contributed by atoms with Crippen molar-refractivity contribution >= 4 is 16.9 Å². The fourth-order valence-electron chi connectivity index (χ4n) is 3.21. The number of likely N-dealkylation sites (N-methyl/N-ethyl adjacent to an activating group) is 1. The van der Waals surface area contributed by atoms with Crippen LogP contribution in [0.5, 0.6) is 0 Å². The van der Waals surface area contributed by atoms with E-state index in [1.54, 1.807) is 7.05 Å². The minimum atomic E-state index is -0.809. The predicted molar refractivity (Wildman–Crippen MR) is 82.4 cm³/mol. The summed E-state index contributed by atoms with van der Waals surface area (Å²) in [7, 11) is 3.74. The van der Waals surface area contributed by atoms with Gasteiger partial charge in [-0.2, -0.15) is 0 Å². The van der Waals surface area contributed by atoms with E-state index in [1.165, 1.54) is 22.0 Å². The normalized spacial score (nSPS) is 15.4. The molecule has 3 N–H and O–H groups in total. The average molecular weight is 287 g/mol. The van der Waals surface area contributed by atoms with Gasteiger partial charge in [0, 0.05) is 43.2 Å². The monoisotopic (exact) mass is 287 g/mol. The van der Waals surface area contributed by atoms with Crippen molar-refractivity contribution in [2.75, 3.05) is 7.05 Å². The van der Waals surface area contributed by atoms with E-state index in [4.69, 9.17) is 0 Å². The van der Waals surface area contributed by atoms with Crippen LogP contribution in [-0.2, 0) is 31.4 Å². The van der Waals surface area contributed by atoms with Gasteiger partial charge in [0.1, 0.15) is 6.04 Å². The smallest absolute Gasteiger partial charge is 0.321 e. The lowest BCUT2D eigenvalue weighted by molar-refractivity contribution is -0.139. The van der Waals surface area contributed by atoms with E-state index in [0.29, 0.717) is 6.42 Å². The van der Waals surface area contributed by atoms with Crippen molar-refractivity contribution in [3.05, 3.63) is 34.5 Å². The Labute approximate surface area is 124 Å². The van der Waals surface area contributed by atoms with E-state index in [0.717, 1.165) is 24.3 Å². The molecular formula is C16H21N3O2. The van der Waals surface area contributed by atoms with Gasteiger partial charge in [-0.1, -0.05) is 0 Å². The summed E-state index contributed by atoms with van der Waals surface area (Å²) >= 11 is 0. The number of carboxylic acid groups (broad SMARTS) is 1. The molecule has 0 bridgehead atoms. The van der Waals surface area contributed by atoms with Crippen LogP contribution >= 0.6 is 0 Å². The zero-order chi connectivity index (χ0) is 15.1. The second-order valence-corrected chi connectivity index (χ2v) is 5.75. The Balaban J connectivity index is 2.13. The highest BCUT2D eigenvalue weighted by Gasteiger charge is 2.22. The van der Waals surface area contributed by atoms with Gasteiger partial charge in [-0.25, -0.2) is 0 Å². The molecular weight excluding hydrogens is 266 g/mol. The summed E-state index contributed by atoms with van der Waals surface area (Å²) in [5, 5.41) is 16.7. The first-order chi connectivity index (χ1) is 10.0. The van der Waals surface area contributed by atoms with Crippen LogP contribution in [0.3, 0.4) is 0 Å². The SMILES string of the molecule is CNC(Cc1c(C)n(C)c2cc3c(cc12)CNC3)C(=O)O. The Kier molecular flexibility index (Phi) is 3.47. The van der Waals surface area contributed by atoms with Crippen LogP contribution < -0.4 is 10.6 Å². The largest absolute Gasteiger partial charge is 0.480 e. The molecule has 0 aliphatic carbocycles. The predicted octanol–water partition coefficient (Wildman–Crippen LogP) is 1.31. The number of carboxylic acids is 1. The van der Waals surface area contributed by atoms with Gasteiger partial charge in [0.2, 0.25) is 0 Å². The highest BCUT2D eigenvalue weighted by molar-refractivity contribution is 5.88. The molecule has 1 aromatic carbocycles. The molecule has 2 heterocycles. The van der Waals surface area contributed by atoms with Crippen LogP contribution in [0.2, 0.25) is 0 Å². The van der Waals surface area contributed by atoms with Gasteiger partial charge in [0.05, 0.1) is 0 Å². The Morgan fingerprint density at radius 3 is 2.71 bits per heavy atom. The molecule has 1 atom stereocenters. The maximum atomic E-state index is 11.3. The van der Waals surface area contributed by atoms with Crippen LogP contribution in [0.1, 0.15) is 22.4 Å². The Hall–Kier alpha value is -1.85. The van der Waals surface area contributed by atoms with E-state index < -0.39 is 12.0 Å².